The Kier molecular flexibility index (Phi) is 7.62. The number of halogens is 3. The third-order valence-corrected chi connectivity index (χ3v) is 7.41. The number of carbonyl (C=O) groups is 2. The summed E-state index contributed by atoms with van der Waals surface area (Å²) in [6.45, 7) is 2.98. The first kappa shape index (κ1) is 26.3. The molecule has 2 heterocycles. The van der Waals surface area contributed by atoms with Gasteiger partial charge in [0.05, 0.1) is 23.1 Å². The number of likely N-dealkylation sites (N-methyl/N-ethyl adjacent to an activating group) is 1. The normalized spacial score (nSPS) is 20.7. The van der Waals surface area contributed by atoms with Gasteiger partial charge in [0.15, 0.2) is 0 Å². The lowest BCUT2D eigenvalue weighted by molar-refractivity contribution is -0.179. The van der Waals surface area contributed by atoms with Crippen molar-refractivity contribution < 1.29 is 22.8 Å². The molecule has 0 aliphatic carbocycles. The molecule has 2 aliphatic heterocycles. The van der Waals surface area contributed by atoms with Crippen molar-refractivity contribution in [2.24, 2.45) is 17.6 Å². The van der Waals surface area contributed by atoms with Crippen molar-refractivity contribution in [3.05, 3.63) is 53.6 Å². The van der Waals surface area contributed by atoms with Gasteiger partial charge in [-0.25, -0.2) is 0 Å². The number of hydrogen-bond acceptors (Lipinski definition) is 5. The summed E-state index contributed by atoms with van der Waals surface area (Å²) in [5.41, 5.74) is 8.96. The van der Waals surface area contributed by atoms with Crippen LogP contribution < -0.4 is 16.0 Å². The Morgan fingerprint density at radius 1 is 1.16 bits per heavy atom. The van der Waals surface area contributed by atoms with Crippen LogP contribution in [0.25, 0.3) is 0 Å². The zero-order valence-electron chi connectivity index (χ0n) is 20.6. The molecule has 2 unspecified atom stereocenters. The van der Waals surface area contributed by atoms with Gasteiger partial charge in [-0.3, -0.25) is 9.59 Å². The maximum absolute atomic E-state index is 13.0. The summed E-state index contributed by atoms with van der Waals surface area (Å²) >= 11 is 0. The van der Waals surface area contributed by atoms with Crippen molar-refractivity contribution >= 4 is 28.9 Å². The molecule has 0 spiro atoms. The fourth-order valence-electron chi connectivity index (χ4n) is 5.31. The molecule has 2 aliphatic rings. The predicted molar refractivity (Wildman–Crippen MR) is 134 cm³/mol. The molecule has 2 amide bonds. The molecule has 196 valence electrons. The molecule has 2 aromatic rings. The van der Waals surface area contributed by atoms with E-state index in [1.165, 1.54) is 0 Å². The van der Waals surface area contributed by atoms with Gasteiger partial charge in [-0.05, 0) is 62.1 Å². The number of nitrogens with zero attached hydrogens (tertiary/aromatic N) is 3. The van der Waals surface area contributed by atoms with Gasteiger partial charge < -0.3 is 20.9 Å². The minimum absolute atomic E-state index is 0.0446. The number of carbonyl (C=O) groups excluding carboxylic acids is 2. The largest absolute Gasteiger partial charge is 0.391 e. The Morgan fingerprint density at radius 2 is 1.84 bits per heavy atom. The van der Waals surface area contributed by atoms with E-state index in [2.05, 4.69) is 11.4 Å². The first-order valence-electron chi connectivity index (χ1n) is 12.4. The molecule has 0 saturated carbocycles. The van der Waals surface area contributed by atoms with Crippen molar-refractivity contribution in [1.29, 1.82) is 5.26 Å². The highest BCUT2D eigenvalue weighted by Gasteiger charge is 2.42. The minimum atomic E-state index is -4.17. The molecule has 0 radical (unpaired) electrons. The Labute approximate surface area is 214 Å². The number of nitriles is 1. The van der Waals surface area contributed by atoms with Gasteiger partial charge in [0.25, 0.3) is 0 Å². The van der Waals surface area contributed by atoms with Crippen LogP contribution in [0.5, 0.6) is 0 Å². The van der Waals surface area contributed by atoms with E-state index >= 15 is 0 Å². The lowest BCUT2D eigenvalue weighted by Crippen LogP contribution is -2.40. The Morgan fingerprint density at radius 3 is 2.41 bits per heavy atom. The number of nitrogens with one attached hydrogen (secondary N) is 1. The van der Waals surface area contributed by atoms with Crippen LogP contribution in [0.4, 0.5) is 30.2 Å². The van der Waals surface area contributed by atoms with Crippen LogP contribution in [0.15, 0.2) is 42.5 Å². The molecular formula is C27H30F3N5O2. The molecule has 3 N–H and O–H groups in total. The van der Waals surface area contributed by atoms with Gasteiger partial charge in [-0.2, -0.15) is 18.4 Å². The summed E-state index contributed by atoms with van der Waals surface area (Å²) in [6.07, 6.45) is -3.43. The molecule has 37 heavy (non-hydrogen) atoms. The average molecular weight is 514 g/mol. The summed E-state index contributed by atoms with van der Waals surface area (Å²) in [5.74, 6) is -2.32. The first-order chi connectivity index (χ1) is 17.6. The predicted octanol–water partition coefficient (Wildman–Crippen LogP) is 4.35. The monoisotopic (exact) mass is 513 g/mol. The second-order valence-electron chi connectivity index (χ2n) is 9.63. The van der Waals surface area contributed by atoms with Crippen molar-refractivity contribution in [2.75, 3.05) is 29.9 Å². The van der Waals surface area contributed by atoms with E-state index in [0.717, 1.165) is 16.9 Å². The molecule has 10 heteroatoms. The number of primary amides is 1. The lowest BCUT2D eigenvalue weighted by Gasteiger charge is -2.34. The fourth-order valence-corrected chi connectivity index (χ4v) is 5.31. The van der Waals surface area contributed by atoms with E-state index in [9.17, 15) is 28.0 Å². The van der Waals surface area contributed by atoms with Crippen molar-refractivity contribution in [2.45, 2.75) is 44.8 Å². The van der Waals surface area contributed by atoms with Gasteiger partial charge in [0, 0.05) is 43.5 Å². The lowest BCUT2D eigenvalue weighted by atomic mass is 9.93. The summed E-state index contributed by atoms with van der Waals surface area (Å²) in [5, 5.41) is 12.9. The Balaban J connectivity index is 1.42. The van der Waals surface area contributed by atoms with E-state index in [1.54, 1.807) is 17.0 Å². The highest BCUT2D eigenvalue weighted by atomic mass is 19.4. The van der Waals surface area contributed by atoms with Crippen molar-refractivity contribution in [3.63, 3.8) is 0 Å². The molecule has 2 fully saturated rings. The van der Waals surface area contributed by atoms with E-state index < -0.39 is 23.9 Å². The molecule has 7 nitrogen and oxygen atoms in total. The third-order valence-electron chi connectivity index (χ3n) is 7.41. The molecule has 2 saturated heterocycles. The van der Waals surface area contributed by atoms with Crippen LogP contribution in [0.1, 0.15) is 37.3 Å². The minimum Gasteiger partial charge on any atom is -0.371 e. The molecule has 0 aromatic heterocycles. The Bertz CT molecular complexity index is 1180. The van der Waals surface area contributed by atoms with E-state index in [-0.39, 0.29) is 31.2 Å². The van der Waals surface area contributed by atoms with E-state index in [4.69, 9.17) is 5.73 Å². The fraction of sp³-hybridized carbons (Fsp3) is 0.444. The average Bonchev–Trinajstić information content (AvgIpc) is 3.20. The summed E-state index contributed by atoms with van der Waals surface area (Å²) < 4.78 is 38.9. The number of piperidine rings is 1. The highest BCUT2D eigenvalue weighted by molar-refractivity contribution is 5.89. The quantitative estimate of drug-likeness (QED) is 0.573. The Hall–Kier alpha value is -3.74. The number of anilines is 3. The van der Waals surface area contributed by atoms with Crippen molar-refractivity contribution in [1.82, 2.24) is 4.90 Å². The van der Waals surface area contributed by atoms with E-state index in [0.29, 0.717) is 37.3 Å². The zero-order chi connectivity index (χ0) is 26.7. The van der Waals surface area contributed by atoms with E-state index in [1.807, 2.05) is 42.2 Å². The molecular weight excluding hydrogens is 483 g/mol. The maximum Gasteiger partial charge on any atom is 0.391 e. The zero-order valence-corrected chi connectivity index (χ0v) is 20.6. The SMILES string of the molecule is CCN1C(=O)CC(C(N)=O)C1Cc1ccc(Nc2ccc(N3CCC(C(F)(F)F)CC3)cc2C#N)cc1. The number of alkyl halides is 3. The van der Waals surface area contributed by atoms with Gasteiger partial charge in [0.1, 0.15) is 6.07 Å². The van der Waals surface area contributed by atoms with Crippen LogP contribution in [0, 0.1) is 23.2 Å². The van der Waals surface area contributed by atoms with Gasteiger partial charge in [-0.15, -0.1) is 0 Å². The van der Waals surface area contributed by atoms with Crippen LogP contribution in [0.3, 0.4) is 0 Å². The van der Waals surface area contributed by atoms with Gasteiger partial charge in [-0.1, -0.05) is 12.1 Å². The van der Waals surface area contributed by atoms with Gasteiger partial charge in [0.2, 0.25) is 11.8 Å². The smallest absolute Gasteiger partial charge is 0.371 e. The second-order valence-corrected chi connectivity index (χ2v) is 9.63. The number of hydrogen-bond donors (Lipinski definition) is 2. The van der Waals surface area contributed by atoms with Crippen LogP contribution >= 0.6 is 0 Å². The van der Waals surface area contributed by atoms with Crippen LogP contribution in [0.2, 0.25) is 0 Å². The summed E-state index contributed by atoms with van der Waals surface area (Å²) in [6, 6.07) is 14.7. The summed E-state index contributed by atoms with van der Waals surface area (Å²) in [7, 11) is 0. The number of amides is 2. The molecule has 2 aromatic carbocycles. The maximum atomic E-state index is 13.0. The second kappa shape index (κ2) is 10.7. The van der Waals surface area contributed by atoms with Gasteiger partial charge >= 0.3 is 6.18 Å². The van der Waals surface area contributed by atoms with Crippen LogP contribution in [-0.4, -0.2) is 48.6 Å². The van der Waals surface area contributed by atoms with Crippen LogP contribution in [-0.2, 0) is 16.0 Å². The number of likely N-dealkylation sites (tertiary alicyclic amines) is 1. The summed E-state index contributed by atoms with van der Waals surface area (Å²) in [4.78, 5) is 27.7. The number of benzene rings is 2. The molecule has 0 bridgehead atoms. The number of rotatable bonds is 7. The third kappa shape index (κ3) is 5.82. The highest BCUT2D eigenvalue weighted by Crippen LogP contribution is 2.36. The first-order valence-corrected chi connectivity index (χ1v) is 12.4. The standard InChI is InChI=1S/C27H30F3N5O2/c1-2-35-24(22(26(32)37)15-25(35)36)13-17-3-5-20(6-4-17)33-23-8-7-21(14-18(23)16-31)34-11-9-19(10-12-34)27(28,29)30/h3-8,14,19,22,24,33H,2,9-13,15H2,1H3,(H2,32,37). The number of nitrogens with two attached hydrogens (primary N) is 1. The topological polar surface area (TPSA) is 102 Å². The van der Waals surface area contributed by atoms with Crippen molar-refractivity contribution in [3.8, 4) is 6.07 Å². The molecule has 4 rings (SSSR count). The molecule has 2 atom stereocenters.